The van der Waals surface area contributed by atoms with E-state index in [1.54, 1.807) is 6.92 Å². The summed E-state index contributed by atoms with van der Waals surface area (Å²) in [5.74, 6) is 5.93. The fourth-order valence-corrected chi connectivity index (χ4v) is 4.98. The van der Waals surface area contributed by atoms with Crippen molar-refractivity contribution < 1.29 is 26.7 Å². The van der Waals surface area contributed by atoms with Crippen molar-refractivity contribution in [3.05, 3.63) is 48.2 Å². The molecule has 0 saturated carbocycles. The molecule has 3 rings (SSSR count). The maximum atomic E-state index is 13.3. The lowest BCUT2D eigenvalue weighted by molar-refractivity contribution is -0.262. The van der Waals surface area contributed by atoms with E-state index in [4.69, 9.17) is 11.5 Å². The Bertz CT molecular complexity index is 1140. The first-order chi connectivity index (χ1) is 15.4. The second-order valence-electron chi connectivity index (χ2n) is 7.49. The van der Waals surface area contributed by atoms with Crippen LogP contribution in [0.4, 0.5) is 24.7 Å². The average molecular weight is 484 g/mol. The van der Waals surface area contributed by atoms with Gasteiger partial charge in [-0.25, -0.2) is 13.4 Å². The minimum absolute atomic E-state index is 0.00549. The molecule has 0 bridgehead atoms. The van der Waals surface area contributed by atoms with Gasteiger partial charge in [-0.05, 0) is 36.8 Å². The van der Waals surface area contributed by atoms with Gasteiger partial charge in [-0.3, -0.25) is 0 Å². The molecule has 8 nitrogen and oxygen atoms in total. The van der Waals surface area contributed by atoms with E-state index in [0.717, 1.165) is 12.1 Å². The van der Waals surface area contributed by atoms with Crippen LogP contribution < -0.4 is 16.4 Å². The summed E-state index contributed by atoms with van der Waals surface area (Å²) in [5.41, 5.74) is 7.74. The lowest BCUT2D eigenvalue weighted by atomic mass is 9.93. The molecule has 1 fully saturated rings. The molecule has 33 heavy (non-hydrogen) atoms. The number of aromatic nitrogens is 1. The Morgan fingerprint density at radius 2 is 1.85 bits per heavy atom. The first kappa shape index (κ1) is 24.8. The predicted molar refractivity (Wildman–Crippen MR) is 117 cm³/mol. The summed E-state index contributed by atoms with van der Waals surface area (Å²) in [6.07, 6.45) is -3.74. The molecule has 2 atom stereocenters. The van der Waals surface area contributed by atoms with Gasteiger partial charge in [0.1, 0.15) is 16.8 Å². The second kappa shape index (κ2) is 9.18. The highest BCUT2D eigenvalue weighted by atomic mass is 32.2. The Kier molecular flexibility index (Phi) is 6.90. The SMILES string of the molecule is CC#C[C@H]1CN(S(=O)(=O)c2ccc(N)nc2)CCN1c1ccc([C@](O)(CN)C(F)(F)F)cc1. The molecule has 5 N–H and O–H groups in total. The molecule has 178 valence electrons. The number of nitrogens with zero attached hydrogens (tertiary/aromatic N) is 3. The predicted octanol–water partition coefficient (Wildman–Crippen LogP) is 1.28. The number of alkyl halides is 3. The van der Waals surface area contributed by atoms with Crippen molar-refractivity contribution >= 4 is 21.5 Å². The molecule has 2 heterocycles. The van der Waals surface area contributed by atoms with Gasteiger partial charge in [0.15, 0.2) is 5.60 Å². The zero-order chi connectivity index (χ0) is 24.4. The van der Waals surface area contributed by atoms with Crippen molar-refractivity contribution in [3.8, 4) is 11.8 Å². The molecule has 0 spiro atoms. The number of nitrogen functional groups attached to an aromatic ring is 1. The Morgan fingerprint density at radius 1 is 1.18 bits per heavy atom. The first-order valence-electron chi connectivity index (χ1n) is 9.94. The zero-order valence-electron chi connectivity index (χ0n) is 17.7. The molecule has 2 aromatic rings. The number of nitrogens with two attached hydrogens (primary N) is 2. The topological polar surface area (TPSA) is 126 Å². The van der Waals surface area contributed by atoms with Gasteiger partial charge >= 0.3 is 6.18 Å². The number of hydrogen-bond donors (Lipinski definition) is 3. The van der Waals surface area contributed by atoms with E-state index < -0.39 is 34.4 Å². The number of hydrogen-bond acceptors (Lipinski definition) is 7. The number of pyridine rings is 1. The Balaban J connectivity index is 1.86. The number of piperazine rings is 1. The minimum atomic E-state index is -4.93. The quantitative estimate of drug-likeness (QED) is 0.547. The highest BCUT2D eigenvalue weighted by Crippen LogP contribution is 2.39. The monoisotopic (exact) mass is 483 g/mol. The molecule has 1 aromatic heterocycles. The Hall–Kier alpha value is -2.85. The van der Waals surface area contributed by atoms with E-state index in [2.05, 4.69) is 16.8 Å². The summed E-state index contributed by atoms with van der Waals surface area (Å²) in [6.45, 7) is 1.02. The van der Waals surface area contributed by atoms with Gasteiger partial charge in [0, 0.05) is 38.1 Å². The number of sulfonamides is 1. The molecular formula is C21H24F3N5O3S. The molecule has 1 saturated heterocycles. The van der Waals surface area contributed by atoms with Crippen LogP contribution in [-0.2, 0) is 15.6 Å². The van der Waals surface area contributed by atoms with E-state index in [0.29, 0.717) is 5.69 Å². The third kappa shape index (κ3) is 4.77. The van der Waals surface area contributed by atoms with Crippen LogP contribution >= 0.6 is 0 Å². The van der Waals surface area contributed by atoms with Crippen LogP contribution in [0.15, 0.2) is 47.5 Å². The number of benzene rings is 1. The van der Waals surface area contributed by atoms with Crippen molar-refractivity contribution in [2.75, 3.05) is 36.8 Å². The highest BCUT2D eigenvalue weighted by molar-refractivity contribution is 7.89. The van der Waals surface area contributed by atoms with Gasteiger partial charge in [-0.1, -0.05) is 18.1 Å². The highest BCUT2D eigenvalue weighted by Gasteiger charge is 2.54. The third-order valence-electron chi connectivity index (χ3n) is 5.49. The fourth-order valence-electron chi connectivity index (χ4n) is 3.59. The van der Waals surface area contributed by atoms with Crippen LogP contribution in [0.5, 0.6) is 0 Å². The van der Waals surface area contributed by atoms with Crippen LogP contribution in [0.2, 0.25) is 0 Å². The number of rotatable bonds is 5. The maximum Gasteiger partial charge on any atom is 0.422 e. The van der Waals surface area contributed by atoms with Crippen LogP contribution in [0.3, 0.4) is 0 Å². The van der Waals surface area contributed by atoms with Gasteiger partial charge in [-0.15, -0.1) is 5.92 Å². The summed E-state index contributed by atoms with van der Waals surface area (Å²) in [7, 11) is -3.83. The standard InChI is InChI=1S/C21H24F3N5O3S/c1-2-3-17-13-28(33(31,32)18-8-9-19(26)27-12-18)10-11-29(17)16-6-4-15(5-7-16)20(30,14-25)21(22,23)24/h4-9,12,17,30H,10-11,13-14,25H2,1H3,(H2,26,27)/t17-,20+/m0/s1. The van der Waals surface area contributed by atoms with E-state index in [-0.39, 0.29) is 35.9 Å². The van der Waals surface area contributed by atoms with E-state index >= 15 is 0 Å². The largest absolute Gasteiger partial charge is 0.422 e. The van der Waals surface area contributed by atoms with Crippen molar-refractivity contribution in [3.63, 3.8) is 0 Å². The Morgan fingerprint density at radius 3 is 2.36 bits per heavy atom. The van der Waals surface area contributed by atoms with E-state index in [1.807, 2.05) is 4.90 Å². The molecule has 1 aromatic carbocycles. The zero-order valence-corrected chi connectivity index (χ0v) is 18.6. The van der Waals surface area contributed by atoms with E-state index in [9.17, 15) is 26.7 Å². The van der Waals surface area contributed by atoms with Crippen LogP contribution in [0.1, 0.15) is 12.5 Å². The van der Waals surface area contributed by atoms with Gasteiger partial charge < -0.3 is 21.5 Å². The fraction of sp³-hybridized carbons (Fsp3) is 0.381. The van der Waals surface area contributed by atoms with Gasteiger partial charge in [0.2, 0.25) is 10.0 Å². The van der Waals surface area contributed by atoms with Crippen LogP contribution in [-0.4, -0.2) is 61.2 Å². The summed E-state index contributed by atoms with van der Waals surface area (Å²) in [5, 5.41) is 10.0. The molecule has 1 aliphatic rings. The Labute approximate surface area is 190 Å². The summed E-state index contributed by atoms with van der Waals surface area (Å²) in [4.78, 5) is 5.65. The molecular weight excluding hydrogens is 459 g/mol. The molecule has 1 aliphatic heterocycles. The van der Waals surface area contributed by atoms with Gasteiger partial charge in [0.25, 0.3) is 0 Å². The number of anilines is 2. The van der Waals surface area contributed by atoms with Gasteiger partial charge in [0.05, 0.1) is 0 Å². The smallest absolute Gasteiger partial charge is 0.384 e. The molecule has 0 amide bonds. The maximum absolute atomic E-state index is 13.3. The lowest BCUT2D eigenvalue weighted by Gasteiger charge is -2.40. The number of aliphatic hydroxyl groups is 1. The summed E-state index contributed by atoms with van der Waals surface area (Å²) in [6, 6.07) is 7.42. The third-order valence-corrected chi connectivity index (χ3v) is 7.34. The molecule has 0 aliphatic carbocycles. The molecule has 12 heteroatoms. The average Bonchev–Trinajstić information content (AvgIpc) is 2.78. The van der Waals surface area contributed by atoms with Crippen molar-refractivity contribution in [1.29, 1.82) is 0 Å². The van der Waals surface area contributed by atoms with Crippen LogP contribution in [0.25, 0.3) is 0 Å². The van der Waals surface area contributed by atoms with Crippen molar-refractivity contribution in [2.24, 2.45) is 5.73 Å². The summed E-state index contributed by atoms with van der Waals surface area (Å²) >= 11 is 0. The van der Waals surface area contributed by atoms with Gasteiger partial charge in [-0.2, -0.15) is 17.5 Å². The van der Waals surface area contributed by atoms with Crippen molar-refractivity contribution in [1.82, 2.24) is 9.29 Å². The normalized spacial score (nSPS) is 19.5. The summed E-state index contributed by atoms with van der Waals surface area (Å²) < 4.78 is 67.2. The van der Waals surface area contributed by atoms with Crippen LogP contribution in [0, 0.1) is 11.8 Å². The lowest BCUT2D eigenvalue weighted by Crippen LogP contribution is -2.54. The number of halogens is 3. The molecule has 0 radical (unpaired) electrons. The minimum Gasteiger partial charge on any atom is -0.384 e. The van der Waals surface area contributed by atoms with Crippen molar-refractivity contribution in [2.45, 2.75) is 29.6 Å². The van der Waals surface area contributed by atoms with E-state index in [1.165, 1.54) is 34.8 Å². The first-order valence-corrected chi connectivity index (χ1v) is 11.4. The second-order valence-corrected chi connectivity index (χ2v) is 9.43. The molecule has 0 unspecified atom stereocenters.